The summed E-state index contributed by atoms with van der Waals surface area (Å²) < 4.78 is 0. The largest absolute Gasteiger partial charge is 0.480 e. The average molecular weight is 303 g/mol. The lowest BCUT2D eigenvalue weighted by atomic mass is 10.1. The molecule has 1 rings (SSSR count). The number of hydrogen-bond acceptors (Lipinski definition) is 6. The van der Waals surface area contributed by atoms with Gasteiger partial charge >= 0.3 is 5.97 Å². The van der Waals surface area contributed by atoms with Gasteiger partial charge in [-0.1, -0.05) is 0 Å². The maximum absolute atomic E-state index is 12.2. The maximum Gasteiger partial charge on any atom is 0.326 e. The highest BCUT2D eigenvalue weighted by atomic mass is 16.4. The van der Waals surface area contributed by atoms with Gasteiger partial charge in [-0.05, 0) is 19.8 Å². The van der Waals surface area contributed by atoms with Gasteiger partial charge in [0.15, 0.2) is 0 Å². The summed E-state index contributed by atoms with van der Waals surface area (Å²) in [5, 5.41) is 29.7. The molecule has 120 valence electrons. The Balaban J connectivity index is 2.73. The van der Waals surface area contributed by atoms with Crippen LogP contribution in [0.4, 0.5) is 0 Å². The minimum Gasteiger partial charge on any atom is -0.480 e. The minimum absolute atomic E-state index is 0.255. The molecule has 1 saturated heterocycles. The Morgan fingerprint density at radius 2 is 2.05 bits per heavy atom. The summed E-state index contributed by atoms with van der Waals surface area (Å²) in [4.78, 5) is 36.1. The van der Waals surface area contributed by atoms with E-state index in [4.69, 9.17) is 10.8 Å². The fraction of sp³-hybridized carbons (Fsp3) is 0.750. The van der Waals surface area contributed by atoms with E-state index < -0.39 is 48.6 Å². The van der Waals surface area contributed by atoms with Crippen LogP contribution in [0.3, 0.4) is 0 Å². The van der Waals surface area contributed by atoms with E-state index >= 15 is 0 Å². The van der Waals surface area contributed by atoms with E-state index in [-0.39, 0.29) is 6.54 Å². The van der Waals surface area contributed by atoms with Crippen LogP contribution in [0.5, 0.6) is 0 Å². The molecule has 0 radical (unpaired) electrons. The van der Waals surface area contributed by atoms with Gasteiger partial charge < -0.3 is 31.3 Å². The number of nitrogens with two attached hydrogens (primary N) is 1. The molecule has 2 amide bonds. The molecule has 1 fully saturated rings. The van der Waals surface area contributed by atoms with E-state index in [1.807, 2.05) is 0 Å². The SMILES string of the molecule is C[C@@H](O)[C@H](N)C(=O)N[C@@H](CO)C(=O)N1CCC[C@H]1C(=O)O. The number of aliphatic hydroxyl groups is 2. The summed E-state index contributed by atoms with van der Waals surface area (Å²) in [6, 6.07) is -3.46. The van der Waals surface area contributed by atoms with Crippen LogP contribution in [-0.4, -0.2) is 75.4 Å². The molecule has 0 bridgehead atoms. The molecule has 9 heteroatoms. The molecule has 0 saturated carbocycles. The first-order valence-corrected chi connectivity index (χ1v) is 6.67. The molecule has 6 N–H and O–H groups in total. The van der Waals surface area contributed by atoms with Crippen LogP contribution in [0.25, 0.3) is 0 Å². The Hall–Kier alpha value is -1.71. The Labute approximate surface area is 121 Å². The zero-order chi connectivity index (χ0) is 16.2. The molecule has 1 aliphatic heterocycles. The first kappa shape index (κ1) is 17.3. The van der Waals surface area contributed by atoms with Crippen molar-refractivity contribution in [2.75, 3.05) is 13.2 Å². The second-order valence-electron chi connectivity index (χ2n) is 5.04. The topological polar surface area (TPSA) is 153 Å². The number of aliphatic hydroxyl groups excluding tert-OH is 2. The number of nitrogens with one attached hydrogen (secondary N) is 1. The number of carbonyl (C=O) groups excluding carboxylic acids is 2. The predicted molar refractivity (Wildman–Crippen MR) is 71.0 cm³/mol. The van der Waals surface area contributed by atoms with Gasteiger partial charge in [0.05, 0.1) is 12.7 Å². The third kappa shape index (κ3) is 4.13. The number of likely N-dealkylation sites (tertiary alicyclic amines) is 1. The number of carboxylic acid groups (broad SMARTS) is 1. The van der Waals surface area contributed by atoms with Crippen molar-refractivity contribution in [1.82, 2.24) is 10.2 Å². The van der Waals surface area contributed by atoms with Crippen molar-refractivity contribution >= 4 is 17.8 Å². The molecule has 0 aromatic heterocycles. The Morgan fingerprint density at radius 1 is 1.43 bits per heavy atom. The lowest BCUT2D eigenvalue weighted by Crippen LogP contribution is -2.57. The molecule has 0 aliphatic carbocycles. The van der Waals surface area contributed by atoms with E-state index in [0.717, 1.165) is 4.90 Å². The first-order valence-electron chi connectivity index (χ1n) is 6.67. The van der Waals surface area contributed by atoms with Crippen LogP contribution in [0, 0.1) is 0 Å². The van der Waals surface area contributed by atoms with Crippen molar-refractivity contribution in [3.05, 3.63) is 0 Å². The van der Waals surface area contributed by atoms with Crippen LogP contribution in [0.15, 0.2) is 0 Å². The quantitative estimate of drug-likeness (QED) is 0.356. The fourth-order valence-electron chi connectivity index (χ4n) is 2.16. The molecule has 4 atom stereocenters. The number of rotatable bonds is 6. The van der Waals surface area contributed by atoms with Crippen LogP contribution >= 0.6 is 0 Å². The normalized spacial score (nSPS) is 22.5. The smallest absolute Gasteiger partial charge is 0.326 e. The first-order chi connectivity index (χ1) is 9.79. The van der Waals surface area contributed by atoms with Gasteiger partial charge in [0.2, 0.25) is 11.8 Å². The zero-order valence-corrected chi connectivity index (χ0v) is 11.7. The van der Waals surface area contributed by atoms with Crippen LogP contribution in [0.2, 0.25) is 0 Å². The van der Waals surface area contributed by atoms with E-state index in [1.165, 1.54) is 6.92 Å². The second-order valence-corrected chi connectivity index (χ2v) is 5.04. The van der Waals surface area contributed by atoms with Gasteiger partial charge in [0, 0.05) is 6.54 Å². The highest BCUT2D eigenvalue weighted by Gasteiger charge is 2.37. The highest BCUT2D eigenvalue weighted by molar-refractivity contribution is 5.92. The number of aliphatic carboxylic acids is 1. The van der Waals surface area contributed by atoms with Crippen molar-refractivity contribution in [2.24, 2.45) is 5.73 Å². The average Bonchev–Trinajstić information content (AvgIpc) is 2.92. The third-order valence-corrected chi connectivity index (χ3v) is 3.44. The highest BCUT2D eigenvalue weighted by Crippen LogP contribution is 2.18. The Bertz CT molecular complexity index is 414. The van der Waals surface area contributed by atoms with E-state index in [9.17, 15) is 24.6 Å². The predicted octanol–water partition coefficient (Wildman–Crippen LogP) is -2.75. The van der Waals surface area contributed by atoms with Gasteiger partial charge in [0.1, 0.15) is 18.1 Å². The number of nitrogens with zero attached hydrogens (tertiary/aromatic N) is 1. The summed E-state index contributed by atoms with van der Waals surface area (Å²) in [5.41, 5.74) is 5.43. The number of hydrogen-bond donors (Lipinski definition) is 5. The lowest BCUT2D eigenvalue weighted by Gasteiger charge is -2.27. The number of carboxylic acids is 1. The summed E-state index contributed by atoms with van der Waals surface area (Å²) in [7, 11) is 0. The van der Waals surface area contributed by atoms with Crippen LogP contribution in [0.1, 0.15) is 19.8 Å². The van der Waals surface area contributed by atoms with Crippen LogP contribution in [-0.2, 0) is 14.4 Å². The lowest BCUT2D eigenvalue weighted by molar-refractivity contribution is -0.150. The summed E-state index contributed by atoms with van der Waals surface area (Å²) in [5.74, 6) is -2.58. The van der Waals surface area contributed by atoms with Gasteiger partial charge in [-0.3, -0.25) is 9.59 Å². The molecule has 0 unspecified atom stereocenters. The molecule has 1 aliphatic rings. The van der Waals surface area contributed by atoms with Gasteiger partial charge in [-0.15, -0.1) is 0 Å². The maximum atomic E-state index is 12.2. The molecule has 0 aromatic rings. The summed E-state index contributed by atoms with van der Waals surface area (Å²) in [6.07, 6.45) is -0.236. The summed E-state index contributed by atoms with van der Waals surface area (Å²) >= 11 is 0. The second kappa shape index (κ2) is 7.34. The standard InChI is InChI=1S/C12H21N3O6/c1-6(17)9(13)10(18)14-7(5-16)11(19)15-4-2-3-8(15)12(20)21/h6-9,16-17H,2-5,13H2,1H3,(H,14,18)(H,20,21)/t6-,7+,8+,9+/m1/s1. The van der Waals surface area contributed by atoms with Gasteiger partial charge in [-0.2, -0.15) is 0 Å². The van der Waals surface area contributed by atoms with Crippen molar-refractivity contribution in [2.45, 2.75) is 44.0 Å². The molecule has 9 nitrogen and oxygen atoms in total. The van der Waals surface area contributed by atoms with Crippen molar-refractivity contribution < 1.29 is 29.7 Å². The van der Waals surface area contributed by atoms with Gasteiger partial charge in [0.25, 0.3) is 0 Å². The third-order valence-electron chi connectivity index (χ3n) is 3.44. The minimum atomic E-state index is -1.28. The van der Waals surface area contributed by atoms with E-state index in [2.05, 4.69) is 5.32 Å². The van der Waals surface area contributed by atoms with Crippen LogP contribution < -0.4 is 11.1 Å². The molecule has 0 aromatic carbocycles. The number of amides is 2. The van der Waals surface area contributed by atoms with Gasteiger partial charge in [-0.25, -0.2) is 4.79 Å². The van der Waals surface area contributed by atoms with Crippen molar-refractivity contribution in [3.8, 4) is 0 Å². The van der Waals surface area contributed by atoms with E-state index in [1.54, 1.807) is 0 Å². The monoisotopic (exact) mass is 303 g/mol. The van der Waals surface area contributed by atoms with Crippen molar-refractivity contribution in [3.63, 3.8) is 0 Å². The molecule has 0 spiro atoms. The Morgan fingerprint density at radius 3 is 2.52 bits per heavy atom. The molecular formula is C12H21N3O6. The molecular weight excluding hydrogens is 282 g/mol. The van der Waals surface area contributed by atoms with E-state index in [0.29, 0.717) is 12.8 Å². The summed E-state index contributed by atoms with van der Waals surface area (Å²) in [6.45, 7) is 0.894. The Kier molecular flexibility index (Phi) is 6.06. The fourth-order valence-corrected chi connectivity index (χ4v) is 2.16. The number of carbonyl (C=O) groups is 3. The zero-order valence-electron chi connectivity index (χ0n) is 11.7. The van der Waals surface area contributed by atoms with Crippen molar-refractivity contribution in [1.29, 1.82) is 0 Å². The molecule has 1 heterocycles. The molecule has 21 heavy (non-hydrogen) atoms.